The van der Waals surface area contributed by atoms with Gasteiger partial charge in [0.15, 0.2) is 6.23 Å². The van der Waals surface area contributed by atoms with Crippen LogP contribution in [-0.2, 0) is 28.5 Å². The van der Waals surface area contributed by atoms with Crippen LogP contribution in [0.15, 0.2) is 0 Å². The van der Waals surface area contributed by atoms with Crippen molar-refractivity contribution in [3.05, 3.63) is 0 Å². The molecule has 3 atom stereocenters. The topological polar surface area (TPSA) is 83.1 Å². The maximum Gasteiger partial charge on any atom is 0.304 e. The summed E-state index contributed by atoms with van der Waals surface area (Å²) in [6.07, 6.45) is -0.991. The fourth-order valence-corrected chi connectivity index (χ4v) is 1.57. The Morgan fingerprint density at radius 2 is 2.17 bits per heavy atom. The van der Waals surface area contributed by atoms with Gasteiger partial charge in [-0.1, -0.05) is 0 Å². The van der Waals surface area contributed by atoms with E-state index in [0.717, 1.165) is 0 Å². The Morgan fingerprint density at radius 1 is 1.44 bits per heavy atom. The lowest BCUT2D eigenvalue weighted by molar-refractivity contribution is -0.184. The fourth-order valence-electron chi connectivity index (χ4n) is 1.57. The zero-order chi connectivity index (χ0) is 13.5. The molecule has 1 fully saturated rings. The highest BCUT2D eigenvalue weighted by Crippen LogP contribution is 2.22. The van der Waals surface area contributed by atoms with Gasteiger partial charge in [-0.2, -0.15) is 0 Å². The Kier molecular flexibility index (Phi) is 6.03. The molecule has 1 rings (SSSR count). The molecule has 0 aromatic heterocycles. The number of carbonyl (C=O) groups is 2. The maximum absolute atomic E-state index is 11.4. The molecule has 0 bridgehead atoms. The number of ether oxygens (including phenoxy) is 4. The van der Waals surface area contributed by atoms with Crippen LogP contribution in [0.5, 0.6) is 0 Å². The molecule has 7 heteroatoms. The van der Waals surface area contributed by atoms with E-state index in [1.807, 2.05) is 0 Å². The SMILES string of the molecule is COCCOCO[C@H](C)[C@@H]1C(=O)N[C@@H]1OC(C)=O. The zero-order valence-corrected chi connectivity index (χ0v) is 10.8. The number of methoxy groups -OCH3 is 1. The first-order valence-electron chi connectivity index (χ1n) is 5.72. The summed E-state index contributed by atoms with van der Waals surface area (Å²) in [5.41, 5.74) is 0. The van der Waals surface area contributed by atoms with Crippen LogP contribution in [0.25, 0.3) is 0 Å². The molecular formula is C11H19NO6. The van der Waals surface area contributed by atoms with Crippen molar-refractivity contribution >= 4 is 11.9 Å². The number of β-lactam (4-membered cyclic amide) rings is 1. The summed E-state index contributed by atoms with van der Waals surface area (Å²) in [7, 11) is 1.58. The Hall–Kier alpha value is -1.18. The molecule has 1 amide bonds. The normalized spacial score (nSPS) is 24.1. The van der Waals surface area contributed by atoms with Gasteiger partial charge in [-0.3, -0.25) is 9.59 Å². The van der Waals surface area contributed by atoms with Crippen LogP contribution in [-0.4, -0.2) is 51.3 Å². The predicted octanol–water partition coefficient (Wildman–Crippen LogP) is -0.353. The first-order chi connectivity index (χ1) is 8.56. The van der Waals surface area contributed by atoms with Crippen LogP contribution in [0.3, 0.4) is 0 Å². The number of hydrogen-bond acceptors (Lipinski definition) is 6. The number of esters is 1. The number of carbonyl (C=O) groups excluding carboxylic acids is 2. The minimum atomic E-state index is -0.607. The van der Waals surface area contributed by atoms with E-state index in [2.05, 4.69) is 5.32 Å². The summed E-state index contributed by atoms with van der Waals surface area (Å²) in [5, 5.41) is 2.49. The van der Waals surface area contributed by atoms with Crippen LogP contribution in [0.1, 0.15) is 13.8 Å². The number of amides is 1. The summed E-state index contributed by atoms with van der Waals surface area (Å²) in [4.78, 5) is 22.2. The van der Waals surface area contributed by atoms with Gasteiger partial charge < -0.3 is 24.3 Å². The molecule has 0 saturated carbocycles. The molecule has 0 unspecified atom stereocenters. The van der Waals surface area contributed by atoms with E-state index in [-0.39, 0.29) is 18.8 Å². The van der Waals surface area contributed by atoms with Crippen molar-refractivity contribution in [2.24, 2.45) is 5.92 Å². The van der Waals surface area contributed by atoms with Crippen molar-refractivity contribution in [3.8, 4) is 0 Å². The summed E-state index contributed by atoms with van der Waals surface area (Å²) in [5.74, 6) is -1.11. The van der Waals surface area contributed by atoms with Gasteiger partial charge in [0, 0.05) is 14.0 Å². The molecule has 1 aliphatic heterocycles. The van der Waals surface area contributed by atoms with E-state index in [1.54, 1.807) is 14.0 Å². The first kappa shape index (κ1) is 14.9. The van der Waals surface area contributed by atoms with Gasteiger partial charge in [0.05, 0.1) is 19.3 Å². The van der Waals surface area contributed by atoms with E-state index in [0.29, 0.717) is 13.2 Å². The minimum Gasteiger partial charge on any atom is -0.441 e. The van der Waals surface area contributed by atoms with E-state index < -0.39 is 18.1 Å². The molecule has 104 valence electrons. The van der Waals surface area contributed by atoms with Crippen molar-refractivity contribution in [3.63, 3.8) is 0 Å². The third-order valence-electron chi connectivity index (χ3n) is 2.56. The van der Waals surface area contributed by atoms with Crippen LogP contribution in [0, 0.1) is 5.92 Å². The monoisotopic (exact) mass is 261 g/mol. The molecule has 0 radical (unpaired) electrons. The Balaban J connectivity index is 2.24. The highest BCUT2D eigenvalue weighted by Gasteiger charge is 2.45. The van der Waals surface area contributed by atoms with E-state index >= 15 is 0 Å². The van der Waals surface area contributed by atoms with Crippen molar-refractivity contribution in [1.82, 2.24) is 5.32 Å². The second kappa shape index (κ2) is 7.30. The van der Waals surface area contributed by atoms with Crippen molar-refractivity contribution in [1.29, 1.82) is 0 Å². The highest BCUT2D eigenvalue weighted by molar-refractivity contribution is 5.86. The molecule has 0 aliphatic carbocycles. The summed E-state index contributed by atoms with van der Waals surface area (Å²) in [6, 6.07) is 0. The molecule has 1 aliphatic rings. The summed E-state index contributed by atoms with van der Waals surface area (Å²) in [6.45, 7) is 4.01. The predicted molar refractivity (Wildman–Crippen MR) is 60.4 cm³/mol. The molecule has 7 nitrogen and oxygen atoms in total. The highest BCUT2D eigenvalue weighted by atomic mass is 16.7. The molecule has 18 heavy (non-hydrogen) atoms. The van der Waals surface area contributed by atoms with E-state index in [4.69, 9.17) is 18.9 Å². The number of nitrogens with one attached hydrogen (secondary N) is 1. The minimum absolute atomic E-state index is 0.0705. The Morgan fingerprint density at radius 3 is 2.72 bits per heavy atom. The zero-order valence-electron chi connectivity index (χ0n) is 10.8. The summed E-state index contributed by atoms with van der Waals surface area (Å²) >= 11 is 0. The number of rotatable bonds is 8. The summed E-state index contributed by atoms with van der Waals surface area (Å²) < 4.78 is 20.2. The molecule has 1 saturated heterocycles. The molecule has 0 aromatic rings. The lowest BCUT2D eigenvalue weighted by Gasteiger charge is -2.38. The second-order valence-electron chi connectivity index (χ2n) is 3.96. The third-order valence-corrected chi connectivity index (χ3v) is 2.56. The van der Waals surface area contributed by atoms with Crippen molar-refractivity contribution in [2.45, 2.75) is 26.2 Å². The lowest BCUT2D eigenvalue weighted by Crippen LogP contribution is -2.63. The van der Waals surface area contributed by atoms with Crippen molar-refractivity contribution < 1.29 is 28.5 Å². The largest absolute Gasteiger partial charge is 0.441 e. The first-order valence-corrected chi connectivity index (χ1v) is 5.72. The maximum atomic E-state index is 11.4. The lowest BCUT2D eigenvalue weighted by atomic mass is 9.93. The third kappa shape index (κ3) is 4.25. The molecule has 1 N–H and O–H groups in total. The standard InChI is InChI=1S/C11H19NO6/c1-7(17-6-16-5-4-15-3)9-10(14)12-11(9)18-8(2)13/h7,9,11H,4-6H2,1-3H3,(H,12,14)/t7-,9-,11-/m1/s1. The van der Waals surface area contributed by atoms with Crippen LogP contribution in [0.2, 0.25) is 0 Å². The Bertz CT molecular complexity index is 295. The van der Waals surface area contributed by atoms with E-state index in [1.165, 1.54) is 6.92 Å². The Labute approximate surface area is 106 Å². The quantitative estimate of drug-likeness (QED) is 0.278. The van der Waals surface area contributed by atoms with Crippen molar-refractivity contribution in [2.75, 3.05) is 27.1 Å². The average Bonchev–Trinajstić information content (AvgIpc) is 2.27. The number of hydrogen-bond donors (Lipinski definition) is 1. The van der Waals surface area contributed by atoms with Gasteiger partial charge in [0.2, 0.25) is 5.91 Å². The van der Waals surface area contributed by atoms with E-state index in [9.17, 15) is 9.59 Å². The van der Waals surface area contributed by atoms with Gasteiger partial charge in [0.25, 0.3) is 0 Å². The second-order valence-corrected chi connectivity index (χ2v) is 3.96. The van der Waals surface area contributed by atoms with Gasteiger partial charge >= 0.3 is 5.97 Å². The van der Waals surface area contributed by atoms with Gasteiger partial charge in [0.1, 0.15) is 12.7 Å². The van der Waals surface area contributed by atoms with Gasteiger partial charge in [-0.05, 0) is 6.92 Å². The molecule has 0 spiro atoms. The van der Waals surface area contributed by atoms with Gasteiger partial charge in [-0.15, -0.1) is 0 Å². The molecular weight excluding hydrogens is 242 g/mol. The van der Waals surface area contributed by atoms with Crippen LogP contribution >= 0.6 is 0 Å². The fraction of sp³-hybridized carbons (Fsp3) is 0.818. The van der Waals surface area contributed by atoms with Crippen LogP contribution < -0.4 is 5.32 Å². The molecule has 1 heterocycles. The average molecular weight is 261 g/mol. The van der Waals surface area contributed by atoms with Gasteiger partial charge in [-0.25, -0.2) is 0 Å². The smallest absolute Gasteiger partial charge is 0.304 e. The van der Waals surface area contributed by atoms with Crippen LogP contribution in [0.4, 0.5) is 0 Å². The molecule has 0 aromatic carbocycles.